The highest BCUT2D eigenvalue weighted by molar-refractivity contribution is 7.92. The molecule has 148 valence electrons. The van der Waals surface area contributed by atoms with Crippen LogP contribution < -0.4 is 14.4 Å². The second-order valence-electron chi connectivity index (χ2n) is 5.73. The summed E-state index contributed by atoms with van der Waals surface area (Å²) in [5.41, 5.74) is 0.575. The zero-order valence-corrected chi connectivity index (χ0v) is 16.1. The summed E-state index contributed by atoms with van der Waals surface area (Å²) in [6, 6.07) is 9.74. The van der Waals surface area contributed by atoms with E-state index in [0.717, 1.165) is 10.6 Å². The molecule has 2 rings (SSSR count). The predicted octanol–water partition coefficient (Wildman–Crippen LogP) is 2.81. The molecule has 2 aromatic carbocycles. The van der Waals surface area contributed by atoms with E-state index in [9.17, 15) is 23.3 Å². The number of hydrogen-bond acceptors (Lipinski definition) is 6. The van der Waals surface area contributed by atoms with Gasteiger partial charge >= 0.3 is 0 Å². The molecule has 0 unspecified atom stereocenters. The molecule has 0 atom stereocenters. The van der Waals surface area contributed by atoms with Crippen LogP contribution >= 0.6 is 0 Å². The van der Waals surface area contributed by atoms with E-state index < -0.39 is 20.9 Å². The van der Waals surface area contributed by atoms with E-state index in [1.807, 2.05) is 0 Å². The maximum atomic E-state index is 12.5. The zero-order chi connectivity index (χ0) is 20.9. The summed E-state index contributed by atoms with van der Waals surface area (Å²) in [7, 11) is -2.12. The zero-order valence-electron chi connectivity index (χ0n) is 15.3. The maximum Gasteiger partial charge on any atom is 0.271 e. The molecular weight excluding hydrogens is 386 g/mol. The van der Waals surface area contributed by atoms with Gasteiger partial charge in [0.25, 0.3) is 11.6 Å². The van der Waals surface area contributed by atoms with E-state index in [1.165, 1.54) is 55.7 Å². The lowest BCUT2D eigenvalue weighted by Gasteiger charge is -2.20. The Balaban J connectivity index is 2.27. The quantitative estimate of drug-likeness (QED) is 0.410. The number of amides is 1. The summed E-state index contributed by atoms with van der Waals surface area (Å²) in [5.74, 6) is -0.259. The number of benzene rings is 2. The summed E-state index contributed by atoms with van der Waals surface area (Å²) in [6.07, 6.45) is 2.53. The lowest BCUT2D eigenvalue weighted by atomic mass is 10.1. The van der Waals surface area contributed by atoms with Crippen molar-refractivity contribution in [3.05, 3.63) is 70.8 Å². The predicted molar refractivity (Wildman–Crippen MR) is 106 cm³/mol. The Morgan fingerprint density at radius 1 is 1.29 bits per heavy atom. The fraction of sp³-hybridized carbons (Fsp3) is 0.167. The van der Waals surface area contributed by atoms with Crippen LogP contribution in [0.1, 0.15) is 10.4 Å². The molecular formula is C18H19N3O6S. The van der Waals surface area contributed by atoms with Crippen molar-refractivity contribution < 1.29 is 22.9 Å². The first-order valence-electron chi connectivity index (χ1n) is 8.00. The van der Waals surface area contributed by atoms with Crippen LogP contribution in [0.2, 0.25) is 0 Å². The number of anilines is 2. The van der Waals surface area contributed by atoms with E-state index in [-0.39, 0.29) is 29.2 Å². The molecule has 0 aliphatic rings. The van der Waals surface area contributed by atoms with Crippen LogP contribution in [0.15, 0.2) is 55.1 Å². The molecule has 0 radical (unpaired) electrons. The molecule has 0 spiro atoms. The Morgan fingerprint density at radius 3 is 2.43 bits per heavy atom. The van der Waals surface area contributed by atoms with Crippen molar-refractivity contribution in [1.29, 1.82) is 0 Å². The number of ether oxygens (including phenoxy) is 1. The van der Waals surface area contributed by atoms with Gasteiger partial charge < -0.3 is 10.1 Å². The number of rotatable bonds is 8. The van der Waals surface area contributed by atoms with Crippen molar-refractivity contribution in [2.45, 2.75) is 0 Å². The lowest BCUT2D eigenvalue weighted by molar-refractivity contribution is -0.384. The molecule has 0 heterocycles. The minimum absolute atomic E-state index is 0.0925. The maximum absolute atomic E-state index is 12.5. The number of nitro benzene ring substituents is 1. The Bertz CT molecular complexity index is 1000. The third-order valence-corrected chi connectivity index (χ3v) is 4.92. The number of hydrogen-bond donors (Lipinski definition) is 1. The standard InChI is InChI=1S/C18H19N3O6S/c1-4-11-20(28(3,25)26)14-7-5-13(6-8-14)18(22)19-16-12-15(21(23)24)9-10-17(16)27-2/h4-10,12H,1,11H2,2-3H3,(H,19,22). The Hall–Kier alpha value is -3.40. The van der Waals surface area contributed by atoms with E-state index in [4.69, 9.17) is 4.74 Å². The van der Waals surface area contributed by atoms with Crippen LogP contribution in [0.3, 0.4) is 0 Å². The first-order chi connectivity index (χ1) is 13.2. The molecule has 0 aromatic heterocycles. The number of nitrogens with one attached hydrogen (secondary N) is 1. The van der Waals surface area contributed by atoms with Gasteiger partial charge in [0, 0.05) is 17.7 Å². The average Bonchev–Trinajstić information content (AvgIpc) is 2.65. The fourth-order valence-electron chi connectivity index (χ4n) is 2.43. The van der Waals surface area contributed by atoms with E-state index in [0.29, 0.717) is 5.69 Å². The van der Waals surface area contributed by atoms with E-state index in [2.05, 4.69) is 11.9 Å². The van der Waals surface area contributed by atoms with Gasteiger partial charge in [0.2, 0.25) is 10.0 Å². The third kappa shape index (κ3) is 4.86. The molecule has 2 aromatic rings. The van der Waals surface area contributed by atoms with Crippen molar-refractivity contribution in [2.75, 3.05) is 29.5 Å². The lowest BCUT2D eigenvalue weighted by Crippen LogP contribution is -2.29. The number of sulfonamides is 1. The summed E-state index contributed by atoms with van der Waals surface area (Å²) >= 11 is 0. The highest BCUT2D eigenvalue weighted by Crippen LogP contribution is 2.29. The SMILES string of the molecule is C=CCN(c1ccc(C(=O)Nc2cc([N+](=O)[O-])ccc2OC)cc1)S(C)(=O)=O. The number of carbonyl (C=O) groups excluding carboxylic acids is 1. The molecule has 1 amide bonds. The van der Waals surface area contributed by atoms with Crippen molar-refractivity contribution in [3.63, 3.8) is 0 Å². The summed E-state index contributed by atoms with van der Waals surface area (Å²) < 4.78 is 30.0. The van der Waals surface area contributed by atoms with Crippen LogP contribution in [0.5, 0.6) is 5.75 Å². The largest absolute Gasteiger partial charge is 0.495 e. The highest BCUT2D eigenvalue weighted by atomic mass is 32.2. The van der Waals surface area contributed by atoms with Crippen LogP contribution in [0.4, 0.5) is 17.1 Å². The van der Waals surface area contributed by atoms with E-state index >= 15 is 0 Å². The Labute approximate surface area is 162 Å². The van der Waals surface area contributed by atoms with Gasteiger partial charge in [-0.1, -0.05) is 6.08 Å². The normalized spacial score (nSPS) is 10.8. The number of nitro groups is 1. The van der Waals surface area contributed by atoms with Crippen LogP contribution in [-0.2, 0) is 10.0 Å². The van der Waals surface area contributed by atoms with Gasteiger partial charge in [-0.05, 0) is 30.3 Å². The summed E-state index contributed by atoms with van der Waals surface area (Å²) in [6.45, 7) is 3.63. The van der Waals surface area contributed by atoms with Crippen LogP contribution in [0.25, 0.3) is 0 Å². The molecule has 10 heteroatoms. The molecule has 1 N–H and O–H groups in total. The first-order valence-corrected chi connectivity index (χ1v) is 9.84. The average molecular weight is 405 g/mol. The molecule has 0 saturated heterocycles. The molecule has 0 saturated carbocycles. The smallest absolute Gasteiger partial charge is 0.271 e. The van der Waals surface area contributed by atoms with Gasteiger partial charge in [-0.25, -0.2) is 8.42 Å². The monoisotopic (exact) mass is 405 g/mol. The van der Waals surface area contributed by atoms with Crippen LogP contribution in [-0.4, -0.2) is 39.2 Å². The minimum Gasteiger partial charge on any atom is -0.495 e. The second kappa shape index (κ2) is 8.53. The van der Waals surface area contributed by atoms with Crippen molar-refractivity contribution in [3.8, 4) is 5.75 Å². The summed E-state index contributed by atoms with van der Waals surface area (Å²) in [5, 5.41) is 13.5. The molecule has 0 aliphatic heterocycles. The van der Waals surface area contributed by atoms with Gasteiger partial charge in [0.05, 0.1) is 36.2 Å². The van der Waals surface area contributed by atoms with Gasteiger partial charge in [-0.3, -0.25) is 19.2 Å². The number of carbonyl (C=O) groups is 1. The molecule has 28 heavy (non-hydrogen) atoms. The second-order valence-corrected chi connectivity index (χ2v) is 7.63. The van der Waals surface area contributed by atoms with Gasteiger partial charge in [-0.2, -0.15) is 0 Å². The topological polar surface area (TPSA) is 119 Å². The molecule has 9 nitrogen and oxygen atoms in total. The van der Waals surface area contributed by atoms with Gasteiger partial charge in [-0.15, -0.1) is 6.58 Å². The van der Waals surface area contributed by atoms with Crippen molar-refractivity contribution in [2.24, 2.45) is 0 Å². The van der Waals surface area contributed by atoms with Gasteiger partial charge in [0.15, 0.2) is 0 Å². The van der Waals surface area contributed by atoms with Crippen molar-refractivity contribution >= 4 is 33.0 Å². The Kier molecular flexibility index (Phi) is 6.37. The van der Waals surface area contributed by atoms with Crippen molar-refractivity contribution in [1.82, 2.24) is 0 Å². The number of nitrogens with zero attached hydrogens (tertiary/aromatic N) is 2. The summed E-state index contributed by atoms with van der Waals surface area (Å²) in [4.78, 5) is 22.8. The molecule has 0 aliphatic carbocycles. The molecule has 0 bridgehead atoms. The minimum atomic E-state index is -3.50. The molecule has 0 fully saturated rings. The van der Waals surface area contributed by atoms with Gasteiger partial charge in [0.1, 0.15) is 5.75 Å². The van der Waals surface area contributed by atoms with Crippen LogP contribution in [0, 0.1) is 10.1 Å². The highest BCUT2D eigenvalue weighted by Gasteiger charge is 2.18. The number of non-ortho nitro benzene ring substituents is 1. The first kappa shape index (κ1) is 20.9. The fourth-order valence-corrected chi connectivity index (χ4v) is 3.31. The van der Waals surface area contributed by atoms with E-state index in [1.54, 1.807) is 0 Å². The number of methoxy groups -OCH3 is 1. The third-order valence-electron chi connectivity index (χ3n) is 3.75. The Morgan fingerprint density at radius 2 is 1.93 bits per heavy atom.